The van der Waals surface area contributed by atoms with E-state index in [-0.39, 0.29) is 12.1 Å². The Morgan fingerprint density at radius 3 is 2.46 bits per heavy atom. The van der Waals surface area contributed by atoms with Crippen LogP contribution in [-0.2, 0) is 4.74 Å². The third kappa shape index (κ3) is 7.96. The summed E-state index contributed by atoms with van der Waals surface area (Å²) in [4.78, 5) is 11.2. The van der Waals surface area contributed by atoms with Gasteiger partial charge >= 0.3 is 6.09 Å². The molecule has 3 nitrogen and oxygen atoms in total. The quantitative estimate of drug-likeness (QED) is 0.768. The van der Waals surface area contributed by atoms with Crippen LogP contribution in [0.15, 0.2) is 0 Å². The fraction of sp³-hybridized carbons (Fsp3) is 0.889. The SMILES string of the molecule is CSC[C@H](C)NC(=O)OC(C)(C)C. The number of alkyl carbamates (subject to hydrolysis) is 1. The van der Waals surface area contributed by atoms with E-state index in [1.807, 2.05) is 34.0 Å². The van der Waals surface area contributed by atoms with Crippen LogP contribution in [0, 0.1) is 0 Å². The number of hydrogen-bond acceptors (Lipinski definition) is 3. The molecule has 0 spiro atoms. The van der Waals surface area contributed by atoms with Crippen molar-refractivity contribution in [1.29, 1.82) is 0 Å². The largest absolute Gasteiger partial charge is 0.444 e. The number of thioether (sulfide) groups is 1. The lowest BCUT2D eigenvalue weighted by molar-refractivity contribution is 0.0513. The molecule has 0 rings (SSSR count). The Kier molecular flexibility index (Phi) is 5.21. The number of carbonyl (C=O) groups excluding carboxylic acids is 1. The molecule has 78 valence electrons. The molecule has 0 aromatic carbocycles. The number of carbonyl (C=O) groups is 1. The molecule has 13 heavy (non-hydrogen) atoms. The van der Waals surface area contributed by atoms with Crippen LogP contribution in [0.4, 0.5) is 4.79 Å². The van der Waals surface area contributed by atoms with Gasteiger partial charge in [0.25, 0.3) is 0 Å². The minimum absolute atomic E-state index is 0.157. The average molecular weight is 205 g/mol. The fourth-order valence-corrected chi connectivity index (χ4v) is 1.38. The summed E-state index contributed by atoms with van der Waals surface area (Å²) in [5.74, 6) is 0.902. The second-order valence-electron chi connectivity index (χ2n) is 4.00. The topological polar surface area (TPSA) is 38.3 Å². The Morgan fingerprint density at radius 1 is 1.54 bits per heavy atom. The molecule has 1 amide bonds. The van der Waals surface area contributed by atoms with Gasteiger partial charge in [-0.2, -0.15) is 11.8 Å². The van der Waals surface area contributed by atoms with Gasteiger partial charge in [0.1, 0.15) is 5.60 Å². The van der Waals surface area contributed by atoms with Crippen molar-refractivity contribution in [2.45, 2.75) is 39.3 Å². The van der Waals surface area contributed by atoms with Crippen LogP contribution >= 0.6 is 11.8 Å². The standard InChI is InChI=1S/C9H19NO2S/c1-7(6-13-5)10-8(11)12-9(2,3)4/h7H,6H2,1-5H3,(H,10,11)/t7-/m0/s1. The predicted octanol–water partition coefficient (Wildman–Crippen LogP) is 2.26. The maximum absolute atomic E-state index is 11.2. The Balaban J connectivity index is 3.74. The molecule has 0 heterocycles. The van der Waals surface area contributed by atoms with Gasteiger partial charge in [0.05, 0.1) is 0 Å². The first-order valence-corrected chi connectivity index (χ1v) is 5.73. The monoisotopic (exact) mass is 205 g/mol. The second kappa shape index (κ2) is 5.37. The first-order valence-electron chi connectivity index (χ1n) is 4.33. The molecular formula is C9H19NO2S. The molecular weight excluding hydrogens is 186 g/mol. The highest BCUT2D eigenvalue weighted by Crippen LogP contribution is 2.07. The van der Waals surface area contributed by atoms with Crippen LogP contribution in [-0.4, -0.2) is 29.7 Å². The van der Waals surface area contributed by atoms with Crippen LogP contribution in [0.5, 0.6) is 0 Å². The van der Waals surface area contributed by atoms with Crippen LogP contribution in [0.25, 0.3) is 0 Å². The van der Waals surface area contributed by atoms with Gasteiger partial charge in [-0.15, -0.1) is 0 Å². The summed E-state index contributed by atoms with van der Waals surface area (Å²) < 4.78 is 5.10. The molecule has 0 aliphatic rings. The van der Waals surface area contributed by atoms with E-state index in [1.54, 1.807) is 11.8 Å². The summed E-state index contributed by atoms with van der Waals surface area (Å²) in [7, 11) is 0. The zero-order valence-corrected chi connectivity index (χ0v) is 9.83. The van der Waals surface area contributed by atoms with E-state index in [4.69, 9.17) is 4.74 Å². The predicted molar refractivity (Wildman–Crippen MR) is 57.2 cm³/mol. The minimum atomic E-state index is -0.414. The van der Waals surface area contributed by atoms with E-state index in [1.165, 1.54) is 0 Å². The second-order valence-corrected chi connectivity index (χ2v) is 4.91. The number of rotatable bonds is 3. The van der Waals surface area contributed by atoms with Gasteiger partial charge in [0, 0.05) is 11.8 Å². The summed E-state index contributed by atoms with van der Waals surface area (Å²) in [5, 5.41) is 2.76. The average Bonchev–Trinajstić information content (AvgIpc) is 1.81. The van der Waals surface area contributed by atoms with E-state index in [2.05, 4.69) is 5.32 Å². The van der Waals surface area contributed by atoms with Gasteiger partial charge in [-0.05, 0) is 34.0 Å². The molecule has 0 saturated carbocycles. The van der Waals surface area contributed by atoms with E-state index in [9.17, 15) is 4.79 Å². The normalized spacial score (nSPS) is 13.6. The third-order valence-electron chi connectivity index (χ3n) is 1.18. The maximum atomic E-state index is 11.2. The van der Waals surface area contributed by atoms with E-state index < -0.39 is 5.60 Å². The molecule has 0 aliphatic heterocycles. The summed E-state index contributed by atoms with van der Waals surface area (Å²) in [5.41, 5.74) is -0.414. The summed E-state index contributed by atoms with van der Waals surface area (Å²) in [6.45, 7) is 7.52. The van der Waals surface area contributed by atoms with E-state index in [0.717, 1.165) is 5.75 Å². The van der Waals surface area contributed by atoms with Crippen molar-refractivity contribution in [3.63, 3.8) is 0 Å². The Bertz CT molecular complexity index is 165. The molecule has 1 N–H and O–H groups in total. The van der Waals surface area contributed by atoms with Crippen molar-refractivity contribution in [1.82, 2.24) is 5.32 Å². The number of ether oxygens (including phenoxy) is 1. The van der Waals surface area contributed by atoms with Crippen molar-refractivity contribution >= 4 is 17.9 Å². The number of hydrogen-bond donors (Lipinski definition) is 1. The lowest BCUT2D eigenvalue weighted by Gasteiger charge is -2.21. The molecule has 0 aromatic heterocycles. The van der Waals surface area contributed by atoms with Crippen molar-refractivity contribution in [3.8, 4) is 0 Å². The Labute approximate surface area is 84.6 Å². The molecule has 1 atom stereocenters. The van der Waals surface area contributed by atoms with Crippen molar-refractivity contribution < 1.29 is 9.53 Å². The lowest BCUT2D eigenvalue weighted by atomic mass is 10.2. The third-order valence-corrected chi connectivity index (χ3v) is 2.01. The van der Waals surface area contributed by atoms with Gasteiger partial charge in [-0.3, -0.25) is 0 Å². The zero-order chi connectivity index (χ0) is 10.5. The van der Waals surface area contributed by atoms with E-state index in [0.29, 0.717) is 0 Å². The number of amides is 1. The summed E-state index contributed by atoms with van der Waals surface area (Å²) in [6.07, 6.45) is 1.67. The molecule has 0 bridgehead atoms. The van der Waals surface area contributed by atoms with Gasteiger partial charge < -0.3 is 10.1 Å². The van der Waals surface area contributed by atoms with Gasteiger partial charge in [0.15, 0.2) is 0 Å². The smallest absolute Gasteiger partial charge is 0.407 e. The fourth-order valence-electron chi connectivity index (χ4n) is 0.800. The molecule has 0 aromatic rings. The Hall–Kier alpha value is -0.380. The first-order chi connectivity index (χ1) is 5.85. The van der Waals surface area contributed by atoms with Crippen LogP contribution in [0.3, 0.4) is 0 Å². The summed E-state index contributed by atoms with van der Waals surface area (Å²) >= 11 is 1.70. The van der Waals surface area contributed by atoms with Gasteiger partial charge in [-0.1, -0.05) is 0 Å². The van der Waals surface area contributed by atoms with Crippen molar-refractivity contribution in [2.24, 2.45) is 0 Å². The molecule has 0 aliphatic carbocycles. The molecule has 0 saturated heterocycles. The van der Waals surface area contributed by atoms with Crippen molar-refractivity contribution in [2.75, 3.05) is 12.0 Å². The molecule has 0 fully saturated rings. The van der Waals surface area contributed by atoms with Gasteiger partial charge in [0.2, 0.25) is 0 Å². The maximum Gasteiger partial charge on any atom is 0.407 e. The molecule has 0 unspecified atom stereocenters. The van der Waals surface area contributed by atoms with Crippen LogP contribution in [0.1, 0.15) is 27.7 Å². The highest BCUT2D eigenvalue weighted by atomic mass is 32.2. The van der Waals surface area contributed by atoms with E-state index >= 15 is 0 Å². The minimum Gasteiger partial charge on any atom is -0.444 e. The first kappa shape index (κ1) is 12.6. The van der Waals surface area contributed by atoms with Crippen LogP contribution in [0.2, 0.25) is 0 Å². The number of nitrogens with one attached hydrogen (secondary N) is 1. The highest BCUT2D eigenvalue weighted by Gasteiger charge is 2.17. The molecule has 0 radical (unpaired) electrons. The lowest BCUT2D eigenvalue weighted by Crippen LogP contribution is -2.38. The van der Waals surface area contributed by atoms with Gasteiger partial charge in [-0.25, -0.2) is 4.79 Å². The molecule has 4 heteroatoms. The highest BCUT2D eigenvalue weighted by molar-refractivity contribution is 7.98. The van der Waals surface area contributed by atoms with Crippen molar-refractivity contribution in [3.05, 3.63) is 0 Å². The summed E-state index contributed by atoms with van der Waals surface area (Å²) in [6, 6.07) is 0.157. The Morgan fingerprint density at radius 2 is 2.08 bits per heavy atom. The van der Waals surface area contributed by atoms with Crippen LogP contribution < -0.4 is 5.32 Å². The zero-order valence-electron chi connectivity index (χ0n) is 9.01.